The van der Waals surface area contributed by atoms with Crippen LogP contribution in [0.25, 0.3) is 0 Å². The van der Waals surface area contributed by atoms with Crippen molar-refractivity contribution in [1.82, 2.24) is 5.32 Å². The molecule has 0 aromatic heterocycles. The average Bonchev–Trinajstić information content (AvgIpc) is 2.06. The topological polar surface area (TPSA) is 12.0 Å². The van der Waals surface area contributed by atoms with Gasteiger partial charge in [0.1, 0.15) is 0 Å². The highest BCUT2D eigenvalue weighted by molar-refractivity contribution is 9.09. The molecular weight excluding hydrogens is 202 g/mol. The van der Waals surface area contributed by atoms with Gasteiger partial charge in [0.15, 0.2) is 0 Å². The van der Waals surface area contributed by atoms with E-state index in [4.69, 9.17) is 0 Å². The van der Waals surface area contributed by atoms with Crippen molar-refractivity contribution < 1.29 is 0 Å². The van der Waals surface area contributed by atoms with Crippen LogP contribution in [-0.4, -0.2) is 18.4 Å². The average molecular weight is 220 g/mol. The molecule has 0 radical (unpaired) electrons. The van der Waals surface area contributed by atoms with Gasteiger partial charge < -0.3 is 5.32 Å². The summed E-state index contributed by atoms with van der Waals surface area (Å²) in [6, 6.07) is 0. The van der Waals surface area contributed by atoms with Gasteiger partial charge >= 0.3 is 0 Å². The van der Waals surface area contributed by atoms with Gasteiger partial charge in [0, 0.05) is 5.33 Å². The third-order valence-corrected chi connectivity index (χ3v) is 3.45. The molecule has 11 heavy (non-hydrogen) atoms. The molecule has 1 N–H and O–H groups in total. The van der Waals surface area contributed by atoms with Gasteiger partial charge in [0.2, 0.25) is 0 Å². The Morgan fingerprint density at radius 1 is 1.45 bits per heavy atom. The minimum atomic E-state index is 0.924. The largest absolute Gasteiger partial charge is 0.316 e. The zero-order valence-corrected chi connectivity index (χ0v) is 8.86. The van der Waals surface area contributed by atoms with Gasteiger partial charge in [-0.25, -0.2) is 0 Å². The number of halogens is 1. The summed E-state index contributed by atoms with van der Waals surface area (Å²) in [7, 11) is 0. The third kappa shape index (κ3) is 2.75. The summed E-state index contributed by atoms with van der Waals surface area (Å²) >= 11 is 3.59. The molecule has 0 spiro atoms. The van der Waals surface area contributed by atoms with E-state index in [0.29, 0.717) is 0 Å². The predicted molar refractivity (Wildman–Crippen MR) is 53.2 cm³/mol. The Labute approximate surface area is 78.1 Å². The summed E-state index contributed by atoms with van der Waals surface area (Å²) in [5.74, 6) is 1.85. The van der Waals surface area contributed by atoms with E-state index in [1.807, 2.05) is 0 Å². The standard InChI is InChI=1S/C9H18BrN/c1-2-3-9-7-11-5-4-8(9)6-10/h8-9,11H,2-7H2,1H3. The quantitative estimate of drug-likeness (QED) is 0.720. The van der Waals surface area contributed by atoms with Crippen LogP contribution < -0.4 is 5.32 Å². The number of hydrogen-bond donors (Lipinski definition) is 1. The third-order valence-electron chi connectivity index (χ3n) is 2.62. The first kappa shape index (κ1) is 9.53. The van der Waals surface area contributed by atoms with E-state index >= 15 is 0 Å². The van der Waals surface area contributed by atoms with Gasteiger partial charge in [-0.05, 0) is 37.8 Å². The molecule has 1 nitrogen and oxygen atoms in total. The zero-order chi connectivity index (χ0) is 8.10. The molecule has 0 bridgehead atoms. The Bertz CT molecular complexity index is 104. The Hall–Kier alpha value is 0.440. The highest BCUT2D eigenvalue weighted by Crippen LogP contribution is 2.24. The first-order valence-corrected chi connectivity index (χ1v) is 5.77. The van der Waals surface area contributed by atoms with Crippen molar-refractivity contribution in [2.45, 2.75) is 26.2 Å². The molecule has 1 aliphatic heterocycles. The smallest absolute Gasteiger partial charge is 0.00632 e. The second-order valence-corrected chi connectivity index (χ2v) is 4.10. The number of piperidine rings is 1. The van der Waals surface area contributed by atoms with Crippen molar-refractivity contribution in [3.05, 3.63) is 0 Å². The lowest BCUT2D eigenvalue weighted by molar-refractivity contribution is 0.264. The van der Waals surface area contributed by atoms with E-state index in [-0.39, 0.29) is 0 Å². The number of nitrogens with one attached hydrogen (secondary N) is 1. The van der Waals surface area contributed by atoms with E-state index in [2.05, 4.69) is 28.2 Å². The molecule has 0 aromatic carbocycles. The first-order valence-electron chi connectivity index (χ1n) is 4.65. The molecule has 0 aliphatic carbocycles. The van der Waals surface area contributed by atoms with Crippen LogP contribution in [0.5, 0.6) is 0 Å². The fourth-order valence-corrected chi connectivity index (χ4v) is 2.74. The normalized spacial score (nSPS) is 32.2. The highest BCUT2D eigenvalue weighted by atomic mass is 79.9. The fourth-order valence-electron chi connectivity index (χ4n) is 1.89. The van der Waals surface area contributed by atoms with E-state index in [1.165, 1.54) is 37.7 Å². The summed E-state index contributed by atoms with van der Waals surface area (Å²) in [5.41, 5.74) is 0. The molecule has 1 rings (SSSR count). The first-order chi connectivity index (χ1) is 5.38. The molecule has 0 saturated carbocycles. The van der Waals surface area contributed by atoms with E-state index in [0.717, 1.165) is 11.8 Å². The second-order valence-electron chi connectivity index (χ2n) is 3.46. The maximum absolute atomic E-state index is 3.59. The zero-order valence-electron chi connectivity index (χ0n) is 7.28. The molecule has 2 unspecified atom stereocenters. The fraction of sp³-hybridized carbons (Fsp3) is 1.00. The molecular formula is C9H18BrN. The van der Waals surface area contributed by atoms with Crippen LogP contribution in [-0.2, 0) is 0 Å². The van der Waals surface area contributed by atoms with Gasteiger partial charge in [0.25, 0.3) is 0 Å². The van der Waals surface area contributed by atoms with Gasteiger partial charge in [-0.15, -0.1) is 0 Å². The van der Waals surface area contributed by atoms with Gasteiger partial charge in [-0.3, -0.25) is 0 Å². The van der Waals surface area contributed by atoms with Crippen LogP contribution in [0.2, 0.25) is 0 Å². The lowest BCUT2D eigenvalue weighted by Crippen LogP contribution is -2.37. The van der Waals surface area contributed by atoms with Crippen molar-refractivity contribution in [2.75, 3.05) is 18.4 Å². The second kappa shape index (κ2) is 5.15. The van der Waals surface area contributed by atoms with Gasteiger partial charge in [-0.2, -0.15) is 0 Å². The van der Waals surface area contributed by atoms with Gasteiger partial charge in [-0.1, -0.05) is 29.3 Å². The van der Waals surface area contributed by atoms with Crippen molar-refractivity contribution in [3.63, 3.8) is 0 Å². The van der Waals surface area contributed by atoms with Crippen LogP contribution in [0, 0.1) is 11.8 Å². The minimum Gasteiger partial charge on any atom is -0.316 e. The summed E-state index contributed by atoms with van der Waals surface area (Å²) in [6.45, 7) is 4.74. The van der Waals surface area contributed by atoms with E-state index in [9.17, 15) is 0 Å². The molecule has 66 valence electrons. The molecule has 1 saturated heterocycles. The molecule has 1 fully saturated rings. The SMILES string of the molecule is CCCC1CNCCC1CBr. The summed E-state index contributed by atoms with van der Waals surface area (Å²) < 4.78 is 0. The van der Waals surface area contributed by atoms with Gasteiger partial charge in [0.05, 0.1) is 0 Å². The number of alkyl halides is 1. The molecule has 2 heteroatoms. The van der Waals surface area contributed by atoms with Crippen molar-refractivity contribution >= 4 is 15.9 Å². The van der Waals surface area contributed by atoms with Crippen molar-refractivity contribution in [1.29, 1.82) is 0 Å². The van der Waals surface area contributed by atoms with Crippen LogP contribution in [0.4, 0.5) is 0 Å². The highest BCUT2D eigenvalue weighted by Gasteiger charge is 2.22. The van der Waals surface area contributed by atoms with Crippen LogP contribution in [0.1, 0.15) is 26.2 Å². The number of rotatable bonds is 3. The maximum atomic E-state index is 3.59. The Morgan fingerprint density at radius 2 is 2.27 bits per heavy atom. The van der Waals surface area contributed by atoms with Crippen LogP contribution in [0.15, 0.2) is 0 Å². The molecule has 1 heterocycles. The predicted octanol–water partition coefficient (Wildman–Crippen LogP) is 2.41. The minimum absolute atomic E-state index is 0.924. The Morgan fingerprint density at radius 3 is 2.91 bits per heavy atom. The lowest BCUT2D eigenvalue weighted by Gasteiger charge is -2.30. The molecule has 2 atom stereocenters. The van der Waals surface area contributed by atoms with E-state index < -0.39 is 0 Å². The number of hydrogen-bond acceptors (Lipinski definition) is 1. The summed E-state index contributed by atoms with van der Waals surface area (Å²) in [4.78, 5) is 0. The summed E-state index contributed by atoms with van der Waals surface area (Å²) in [6.07, 6.45) is 4.08. The molecule has 1 aliphatic rings. The Balaban J connectivity index is 2.31. The summed E-state index contributed by atoms with van der Waals surface area (Å²) in [5, 5.41) is 4.66. The monoisotopic (exact) mass is 219 g/mol. The van der Waals surface area contributed by atoms with Crippen molar-refractivity contribution in [3.8, 4) is 0 Å². The molecule has 0 amide bonds. The van der Waals surface area contributed by atoms with Crippen LogP contribution in [0.3, 0.4) is 0 Å². The lowest BCUT2D eigenvalue weighted by atomic mass is 9.85. The van der Waals surface area contributed by atoms with E-state index in [1.54, 1.807) is 0 Å². The van der Waals surface area contributed by atoms with Crippen molar-refractivity contribution in [2.24, 2.45) is 11.8 Å². The maximum Gasteiger partial charge on any atom is 0.00632 e. The van der Waals surface area contributed by atoms with Crippen LogP contribution >= 0.6 is 15.9 Å². The Kier molecular flexibility index (Phi) is 4.46. The molecule has 0 aromatic rings.